The maximum Gasteiger partial charge on any atom is 0.326 e. The Morgan fingerprint density at radius 3 is 2.73 bits per heavy atom. The first-order valence-electron chi connectivity index (χ1n) is 5.92. The van der Waals surface area contributed by atoms with Crippen LogP contribution in [0.1, 0.15) is 40.0 Å². The Balaban J connectivity index is 2.91. The molecule has 3 unspecified atom stereocenters. The molecule has 0 aliphatic heterocycles. The van der Waals surface area contributed by atoms with Crippen molar-refractivity contribution in [3.8, 4) is 0 Å². The molecule has 1 aliphatic carbocycles. The zero-order valence-electron chi connectivity index (χ0n) is 10.3. The van der Waals surface area contributed by atoms with Gasteiger partial charge in [0.25, 0.3) is 0 Å². The molecule has 15 heavy (non-hydrogen) atoms. The number of methoxy groups -OCH3 is 1. The van der Waals surface area contributed by atoms with Gasteiger partial charge in [0.2, 0.25) is 0 Å². The summed E-state index contributed by atoms with van der Waals surface area (Å²) < 4.78 is 4.96. The molecule has 1 aliphatic rings. The minimum Gasteiger partial charge on any atom is -0.468 e. The van der Waals surface area contributed by atoms with Gasteiger partial charge in [0, 0.05) is 0 Å². The van der Waals surface area contributed by atoms with Crippen molar-refractivity contribution < 1.29 is 9.53 Å². The van der Waals surface area contributed by atoms with Gasteiger partial charge >= 0.3 is 5.97 Å². The van der Waals surface area contributed by atoms with Crippen LogP contribution in [0.25, 0.3) is 0 Å². The minimum absolute atomic E-state index is 0.0941. The van der Waals surface area contributed by atoms with E-state index in [-0.39, 0.29) is 5.97 Å². The number of esters is 1. The zero-order chi connectivity index (χ0) is 11.5. The minimum atomic E-state index is -0.443. The average Bonchev–Trinajstić information content (AvgIpc) is 2.24. The van der Waals surface area contributed by atoms with E-state index in [0.717, 1.165) is 19.4 Å². The summed E-state index contributed by atoms with van der Waals surface area (Å²) >= 11 is 0. The van der Waals surface area contributed by atoms with Gasteiger partial charge in [0.05, 0.1) is 7.11 Å². The van der Waals surface area contributed by atoms with Crippen LogP contribution in [0.3, 0.4) is 0 Å². The summed E-state index contributed by atoms with van der Waals surface area (Å²) in [6, 6.07) is 0. The molecule has 0 amide bonds. The Morgan fingerprint density at radius 2 is 2.20 bits per heavy atom. The molecule has 3 nitrogen and oxygen atoms in total. The second-order valence-electron chi connectivity index (χ2n) is 4.65. The highest BCUT2D eigenvalue weighted by molar-refractivity contribution is 5.81. The second kappa shape index (κ2) is 4.97. The van der Waals surface area contributed by atoms with Crippen LogP contribution in [0.2, 0.25) is 0 Å². The predicted molar refractivity (Wildman–Crippen MR) is 60.6 cm³/mol. The molecule has 1 saturated carbocycles. The van der Waals surface area contributed by atoms with E-state index in [2.05, 4.69) is 19.2 Å². The van der Waals surface area contributed by atoms with Gasteiger partial charge in [0.1, 0.15) is 5.54 Å². The molecule has 0 spiro atoms. The van der Waals surface area contributed by atoms with Crippen molar-refractivity contribution in [3.05, 3.63) is 0 Å². The quantitative estimate of drug-likeness (QED) is 0.728. The summed E-state index contributed by atoms with van der Waals surface area (Å²) in [6.07, 6.45) is 3.22. The summed E-state index contributed by atoms with van der Waals surface area (Å²) in [7, 11) is 1.48. The third-order valence-electron chi connectivity index (χ3n) is 3.90. The van der Waals surface area contributed by atoms with Crippen molar-refractivity contribution in [3.63, 3.8) is 0 Å². The maximum absolute atomic E-state index is 12.0. The summed E-state index contributed by atoms with van der Waals surface area (Å²) in [5.74, 6) is 0.832. The fourth-order valence-electron chi connectivity index (χ4n) is 2.77. The summed E-state index contributed by atoms with van der Waals surface area (Å²) in [5, 5.41) is 3.35. The molecular formula is C12H23NO2. The maximum atomic E-state index is 12.0. The van der Waals surface area contributed by atoms with Crippen LogP contribution in [0.4, 0.5) is 0 Å². The van der Waals surface area contributed by atoms with Crippen molar-refractivity contribution in [2.45, 2.75) is 45.6 Å². The van der Waals surface area contributed by atoms with Gasteiger partial charge in [-0.25, -0.2) is 0 Å². The van der Waals surface area contributed by atoms with Crippen LogP contribution in [0.5, 0.6) is 0 Å². The van der Waals surface area contributed by atoms with Gasteiger partial charge in [0.15, 0.2) is 0 Å². The van der Waals surface area contributed by atoms with E-state index in [1.807, 2.05) is 6.92 Å². The first kappa shape index (κ1) is 12.5. The van der Waals surface area contributed by atoms with Gasteiger partial charge in [-0.15, -0.1) is 0 Å². The fraction of sp³-hybridized carbons (Fsp3) is 0.917. The SMILES string of the molecule is CCNC1(C(=O)OC)CCCC(C)C1C. The van der Waals surface area contributed by atoms with E-state index >= 15 is 0 Å². The van der Waals surface area contributed by atoms with Gasteiger partial charge in [-0.1, -0.05) is 33.6 Å². The summed E-state index contributed by atoms with van der Waals surface area (Å²) in [4.78, 5) is 12.0. The Morgan fingerprint density at radius 1 is 1.53 bits per heavy atom. The standard InChI is InChI=1S/C12H23NO2/c1-5-13-12(11(14)15-4)8-6-7-9(2)10(12)3/h9-10,13H,5-8H2,1-4H3. The monoisotopic (exact) mass is 213 g/mol. The molecule has 3 atom stereocenters. The van der Waals surface area contributed by atoms with Crippen molar-refractivity contribution in [2.24, 2.45) is 11.8 Å². The first-order valence-corrected chi connectivity index (χ1v) is 5.92. The highest BCUT2D eigenvalue weighted by atomic mass is 16.5. The van der Waals surface area contributed by atoms with E-state index in [1.165, 1.54) is 13.5 Å². The summed E-state index contributed by atoms with van der Waals surface area (Å²) in [6.45, 7) is 7.23. The lowest BCUT2D eigenvalue weighted by molar-refractivity contribution is -0.154. The number of likely N-dealkylation sites (N-methyl/N-ethyl adjacent to an activating group) is 1. The Labute approximate surface area is 92.6 Å². The molecule has 0 aromatic rings. The lowest BCUT2D eigenvalue weighted by Gasteiger charge is -2.44. The molecule has 1 N–H and O–H groups in total. The van der Waals surface area contributed by atoms with Gasteiger partial charge in [-0.3, -0.25) is 4.79 Å². The van der Waals surface area contributed by atoms with Crippen molar-refractivity contribution in [1.82, 2.24) is 5.32 Å². The van der Waals surface area contributed by atoms with E-state index in [9.17, 15) is 4.79 Å². The van der Waals surface area contributed by atoms with Crippen LogP contribution in [0, 0.1) is 11.8 Å². The number of hydrogen-bond acceptors (Lipinski definition) is 3. The number of ether oxygens (including phenoxy) is 1. The third-order valence-corrected chi connectivity index (χ3v) is 3.90. The number of rotatable bonds is 3. The third kappa shape index (κ3) is 2.17. The average molecular weight is 213 g/mol. The lowest BCUT2D eigenvalue weighted by Crippen LogP contribution is -2.60. The Kier molecular flexibility index (Phi) is 4.14. The molecule has 0 aromatic heterocycles. The lowest BCUT2D eigenvalue weighted by atomic mass is 9.68. The smallest absolute Gasteiger partial charge is 0.326 e. The largest absolute Gasteiger partial charge is 0.468 e. The molecule has 3 heteroatoms. The summed E-state index contributed by atoms with van der Waals surface area (Å²) in [5.41, 5.74) is -0.443. The molecule has 0 radical (unpaired) electrons. The van der Waals surface area contributed by atoms with Crippen LogP contribution in [0.15, 0.2) is 0 Å². The molecule has 0 bridgehead atoms. The fourth-order valence-corrected chi connectivity index (χ4v) is 2.77. The van der Waals surface area contributed by atoms with Crippen LogP contribution < -0.4 is 5.32 Å². The number of nitrogens with one attached hydrogen (secondary N) is 1. The van der Waals surface area contributed by atoms with Crippen LogP contribution >= 0.6 is 0 Å². The van der Waals surface area contributed by atoms with Crippen molar-refractivity contribution in [1.29, 1.82) is 0 Å². The van der Waals surface area contributed by atoms with Gasteiger partial charge < -0.3 is 10.1 Å². The van der Waals surface area contributed by atoms with Crippen LogP contribution in [-0.4, -0.2) is 25.2 Å². The molecule has 1 fully saturated rings. The van der Waals surface area contributed by atoms with E-state index in [0.29, 0.717) is 11.8 Å². The topological polar surface area (TPSA) is 38.3 Å². The van der Waals surface area contributed by atoms with E-state index in [4.69, 9.17) is 4.74 Å². The van der Waals surface area contributed by atoms with Gasteiger partial charge in [-0.05, 0) is 24.8 Å². The normalized spacial score (nSPS) is 36.3. The molecule has 0 heterocycles. The van der Waals surface area contributed by atoms with Gasteiger partial charge in [-0.2, -0.15) is 0 Å². The number of carbonyl (C=O) groups excluding carboxylic acids is 1. The second-order valence-corrected chi connectivity index (χ2v) is 4.65. The van der Waals surface area contributed by atoms with Crippen molar-refractivity contribution >= 4 is 5.97 Å². The van der Waals surface area contributed by atoms with Crippen molar-refractivity contribution in [2.75, 3.05) is 13.7 Å². The Bertz CT molecular complexity index is 226. The van der Waals surface area contributed by atoms with Crippen LogP contribution in [-0.2, 0) is 9.53 Å². The first-order chi connectivity index (χ1) is 7.08. The Hall–Kier alpha value is -0.570. The van der Waals surface area contributed by atoms with E-state index in [1.54, 1.807) is 0 Å². The zero-order valence-corrected chi connectivity index (χ0v) is 10.3. The molecule has 1 rings (SSSR count). The molecule has 0 aromatic carbocycles. The molecular weight excluding hydrogens is 190 g/mol. The number of carbonyl (C=O) groups is 1. The molecule has 88 valence electrons. The molecule has 0 saturated heterocycles. The van der Waals surface area contributed by atoms with E-state index < -0.39 is 5.54 Å². The number of hydrogen-bond donors (Lipinski definition) is 1. The highest BCUT2D eigenvalue weighted by Gasteiger charge is 2.47. The highest BCUT2D eigenvalue weighted by Crippen LogP contribution is 2.38. The predicted octanol–water partition coefficient (Wildman–Crippen LogP) is 1.96.